The maximum atomic E-state index is 13.1. The Morgan fingerprint density at radius 2 is 1.50 bits per heavy atom. The number of rotatable bonds is 12. The Morgan fingerprint density at radius 3 is 2.16 bits per heavy atom. The summed E-state index contributed by atoms with van der Waals surface area (Å²) in [6, 6.07) is 24.6. The van der Waals surface area contributed by atoms with Crippen LogP contribution in [0.1, 0.15) is 55.1 Å². The van der Waals surface area contributed by atoms with Crippen LogP contribution in [0, 0.1) is 0 Å². The number of carbonyl (C=O) groups is 3. The van der Waals surface area contributed by atoms with E-state index < -0.39 is 11.6 Å². The van der Waals surface area contributed by atoms with Gasteiger partial charge in [0.2, 0.25) is 11.8 Å². The minimum atomic E-state index is -1.09. The third-order valence-corrected chi connectivity index (χ3v) is 6.25. The monoisotopic (exact) mass is 514 g/mol. The van der Waals surface area contributed by atoms with Crippen LogP contribution >= 0.6 is 0 Å². The van der Waals surface area contributed by atoms with E-state index in [1.54, 1.807) is 13.8 Å². The van der Waals surface area contributed by atoms with Gasteiger partial charge in [-0.2, -0.15) is 0 Å². The summed E-state index contributed by atoms with van der Waals surface area (Å²) in [4.78, 5) is 38.1. The van der Waals surface area contributed by atoms with Gasteiger partial charge < -0.3 is 21.7 Å². The molecule has 7 nitrogen and oxygen atoms in total. The number of hydrogen-bond donors (Lipinski definition) is 4. The molecule has 0 aliphatic rings. The van der Waals surface area contributed by atoms with E-state index in [0.717, 1.165) is 29.5 Å². The first kappa shape index (κ1) is 28.6. The van der Waals surface area contributed by atoms with Crippen molar-refractivity contribution < 1.29 is 14.4 Å². The van der Waals surface area contributed by atoms with Gasteiger partial charge in [-0.1, -0.05) is 72.8 Å². The zero-order chi connectivity index (χ0) is 27.5. The summed E-state index contributed by atoms with van der Waals surface area (Å²) in [7, 11) is 0. The van der Waals surface area contributed by atoms with Gasteiger partial charge in [0.05, 0.1) is 5.54 Å². The zero-order valence-electron chi connectivity index (χ0n) is 22.4. The fourth-order valence-corrected chi connectivity index (χ4v) is 4.07. The quantitative estimate of drug-likeness (QED) is 0.293. The van der Waals surface area contributed by atoms with Gasteiger partial charge in [-0.25, -0.2) is 0 Å². The van der Waals surface area contributed by atoms with Crippen molar-refractivity contribution in [1.29, 1.82) is 0 Å². The fraction of sp³-hybridized carbons (Fsp3) is 0.323. The Hall–Kier alpha value is -3.97. The average molecular weight is 515 g/mol. The van der Waals surface area contributed by atoms with Gasteiger partial charge in [0.1, 0.15) is 6.04 Å². The van der Waals surface area contributed by atoms with Crippen molar-refractivity contribution in [3.8, 4) is 11.1 Å². The van der Waals surface area contributed by atoms with Crippen molar-refractivity contribution in [2.75, 3.05) is 6.54 Å². The Kier molecular flexibility index (Phi) is 10.2. The van der Waals surface area contributed by atoms with Crippen molar-refractivity contribution in [2.24, 2.45) is 5.73 Å². The van der Waals surface area contributed by atoms with Crippen LogP contribution in [0.4, 0.5) is 0 Å². The molecular weight excluding hydrogens is 476 g/mol. The average Bonchev–Trinajstić information content (AvgIpc) is 2.91. The third kappa shape index (κ3) is 8.28. The smallest absolute Gasteiger partial charge is 0.251 e. The molecule has 0 spiro atoms. The molecule has 0 fully saturated rings. The summed E-state index contributed by atoms with van der Waals surface area (Å²) in [5.74, 6) is -0.728. The molecule has 200 valence electrons. The van der Waals surface area contributed by atoms with E-state index in [4.69, 9.17) is 5.73 Å². The molecule has 0 aliphatic carbocycles. The maximum absolute atomic E-state index is 13.1. The highest BCUT2D eigenvalue weighted by atomic mass is 16.2. The molecule has 0 bridgehead atoms. The number of benzene rings is 3. The van der Waals surface area contributed by atoms with E-state index in [-0.39, 0.29) is 17.7 Å². The predicted molar refractivity (Wildman–Crippen MR) is 151 cm³/mol. The molecule has 7 heteroatoms. The summed E-state index contributed by atoms with van der Waals surface area (Å²) in [5.41, 5.74) is 9.34. The summed E-state index contributed by atoms with van der Waals surface area (Å²) in [5, 5.41) is 8.62. The summed E-state index contributed by atoms with van der Waals surface area (Å²) in [6.45, 7) is 6.00. The lowest BCUT2D eigenvalue weighted by atomic mass is 9.98. The molecule has 0 saturated heterocycles. The minimum Gasteiger partial charge on any atom is -0.352 e. The highest BCUT2D eigenvalue weighted by Crippen LogP contribution is 2.24. The topological polar surface area (TPSA) is 113 Å². The fourth-order valence-electron chi connectivity index (χ4n) is 4.07. The van der Waals surface area contributed by atoms with Crippen LogP contribution in [-0.4, -0.2) is 35.8 Å². The molecule has 0 aromatic heterocycles. The van der Waals surface area contributed by atoms with Crippen LogP contribution < -0.4 is 21.7 Å². The summed E-state index contributed by atoms with van der Waals surface area (Å²) >= 11 is 0. The first-order chi connectivity index (χ1) is 18.2. The van der Waals surface area contributed by atoms with Gasteiger partial charge in [0.25, 0.3) is 5.91 Å². The molecule has 1 atom stereocenters. The first-order valence-electron chi connectivity index (χ1n) is 13.1. The van der Waals surface area contributed by atoms with Crippen molar-refractivity contribution in [1.82, 2.24) is 16.0 Å². The van der Waals surface area contributed by atoms with Crippen molar-refractivity contribution >= 4 is 17.7 Å². The SMILES string of the molecule is CCNC(=O)c1ccccc1-c1ccc(CNC(=O)[C@@H](CCCc2ccccc2)NC(=O)C(C)(C)N)cc1. The highest BCUT2D eigenvalue weighted by Gasteiger charge is 2.27. The molecule has 0 heterocycles. The van der Waals surface area contributed by atoms with Gasteiger partial charge in [-0.3, -0.25) is 14.4 Å². The van der Waals surface area contributed by atoms with Crippen LogP contribution in [0.25, 0.3) is 11.1 Å². The molecular formula is C31H38N4O3. The number of amides is 3. The number of nitrogens with one attached hydrogen (secondary N) is 3. The van der Waals surface area contributed by atoms with Crippen LogP contribution in [0.2, 0.25) is 0 Å². The third-order valence-electron chi connectivity index (χ3n) is 6.25. The first-order valence-corrected chi connectivity index (χ1v) is 13.1. The maximum Gasteiger partial charge on any atom is 0.251 e. The van der Waals surface area contributed by atoms with Crippen molar-refractivity contribution in [3.63, 3.8) is 0 Å². The van der Waals surface area contributed by atoms with E-state index >= 15 is 0 Å². The largest absolute Gasteiger partial charge is 0.352 e. The zero-order valence-corrected chi connectivity index (χ0v) is 22.4. The summed E-state index contributed by atoms with van der Waals surface area (Å²) in [6.07, 6.45) is 2.05. The summed E-state index contributed by atoms with van der Waals surface area (Å²) < 4.78 is 0. The lowest BCUT2D eigenvalue weighted by Gasteiger charge is -2.24. The van der Waals surface area contributed by atoms with Crippen LogP contribution in [0.15, 0.2) is 78.9 Å². The Morgan fingerprint density at radius 1 is 0.842 bits per heavy atom. The van der Waals surface area contributed by atoms with E-state index in [2.05, 4.69) is 28.1 Å². The van der Waals surface area contributed by atoms with Crippen LogP contribution in [0.5, 0.6) is 0 Å². The molecule has 3 amide bonds. The number of carbonyl (C=O) groups excluding carboxylic acids is 3. The molecule has 3 aromatic carbocycles. The molecule has 5 N–H and O–H groups in total. The number of nitrogens with two attached hydrogens (primary N) is 1. The number of aryl methyl sites for hydroxylation is 1. The molecule has 0 aliphatic heterocycles. The van der Waals surface area contributed by atoms with Gasteiger partial charge in [0, 0.05) is 18.7 Å². The predicted octanol–water partition coefficient (Wildman–Crippen LogP) is 3.96. The second kappa shape index (κ2) is 13.5. The molecule has 0 saturated carbocycles. The van der Waals surface area contributed by atoms with Gasteiger partial charge >= 0.3 is 0 Å². The lowest BCUT2D eigenvalue weighted by molar-refractivity contribution is -0.131. The molecule has 3 aromatic rings. The van der Waals surface area contributed by atoms with Crippen molar-refractivity contribution in [3.05, 3.63) is 95.6 Å². The Bertz CT molecular complexity index is 1220. The standard InChI is InChI=1S/C31H38N4O3/c1-4-33-28(36)26-15-9-8-14-25(26)24-19-17-23(18-20-24)21-34-29(37)27(35-30(38)31(2,3)32)16-10-13-22-11-6-5-7-12-22/h5-9,11-12,14-15,17-20,27H,4,10,13,16,21,32H2,1-3H3,(H,33,36)(H,34,37)(H,35,38)/t27-/m1/s1. The van der Waals surface area contributed by atoms with Gasteiger partial charge in [-0.15, -0.1) is 0 Å². The molecule has 0 unspecified atom stereocenters. The Labute approximate surface area is 225 Å². The Balaban J connectivity index is 1.64. The molecule has 3 rings (SSSR count). The van der Waals surface area contributed by atoms with Gasteiger partial charge in [0.15, 0.2) is 0 Å². The minimum absolute atomic E-state index is 0.111. The highest BCUT2D eigenvalue weighted by molar-refractivity contribution is 6.00. The van der Waals surface area contributed by atoms with Crippen molar-refractivity contribution in [2.45, 2.75) is 58.2 Å². The molecule has 38 heavy (non-hydrogen) atoms. The van der Waals surface area contributed by atoms with E-state index in [1.807, 2.05) is 73.7 Å². The van der Waals surface area contributed by atoms with E-state index in [1.165, 1.54) is 5.56 Å². The van der Waals surface area contributed by atoms with E-state index in [0.29, 0.717) is 25.1 Å². The van der Waals surface area contributed by atoms with Gasteiger partial charge in [-0.05, 0) is 68.4 Å². The van der Waals surface area contributed by atoms with E-state index in [9.17, 15) is 14.4 Å². The lowest BCUT2D eigenvalue weighted by Crippen LogP contribution is -2.55. The second-order valence-electron chi connectivity index (χ2n) is 9.95. The number of hydrogen-bond acceptors (Lipinski definition) is 4. The van der Waals surface area contributed by atoms with Crippen LogP contribution in [0.3, 0.4) is 0 Å². The molecule has 0 radical (unpaired) electrons. The normalized spacial score (nSPS) is 11.9. The second-order valence-corrected chi connectivity index (χ2v) is 9.95. The van der Waals surface area contributed by atoms with Crippen LogP contribution in [-0.2, 0) is 22.6 Å².